The van der Waals surface area contributed by atoms with Crippen LogP contribution in [0.1, 0.15) is 31.8 Å². The molecule has 0 unspecified atom stereocenters. The lowest BCUT2D eigenvalue weighted by Gasteiger charge is -2.05. The molecule has 2 aromatic rings. The summed E-state index contributed by atoms with van der Waals surface area (Å²) in [6, 6.07) is 6.68. The molecule has 4 nitrogen and oxygen atoms in total. The van der Waals surface area contributed by atoms with Gasteiger partial charge in [-0.1, -0.05) is 12.1 Å². The molecule has 0 aliphatic carbocycles. The minimum Gasteiger partial charge on any atom is -0.478 e. The van der Waals surface area contributed by atoms with Crippen molar-refractivity contribution in [3.05, 3.63) is 57.3 Å². The van der Waals surface area contributed by atoms with E-state index in [-0.39, 0.29) is 11.5 Å². The summed E-state index contributed by atoms with van der Waals surface area (Å²) in [6.07, 6.45) is 0.675. The van der Waals surface area contributed by atoms with Crippen LogP contribution in [0.5, 0.6) is 0 Å². The molecule has 0 saturated carbocycles. The van der Waals surface area contributed by atoms with Gasteiger partial charge in [0, 0.05) is 11.9 Å². The molecule has 2 rings (SSSR count). The van der Waals surface area contributed by atoms with Crippen molar-refractivity contribution in [3.63, 3.8) is 0 Å². The number of carboxylic acids is 1. The first-order chi connectivity index (χ1) is 9.58. The number of benzene rings is 1. The molecule has 5 heteroatoms. The molecule has 0 fully saturated rings. The van der Waals surface area contributed by atoms with E-state index in [1.807, 2.05) is 17.7 Å². The Bertz CT molecular complexity index is 616. The third-order valence-electron chi connectivity index (χ3n) is 3.00. The first kappa shape index (κ1) is 14.3. The lowest BCUT2D eigenvalue weighted by molar-refractivity contribution is 0.0696. The maximum Gasteiger partial charge on any atom is 0.335 e. The molecule has 2 N–H and O–H groups in total. The van der Waals surface area contributed by atoms with Crippen LogP contribution in [0.3, 0.4) is 0 Å². The summed E-state index contributed by atoms with van der Waals surface area (Å²) in [5, 5.41) is 15.4. The molecule has 20 heavy (non-hydrogen) atoms. The van der Waals surface area contributed by atoms with E-state index < -0.39 is 5.97 Å². The van der Waals surface area contributed by atoms with Gasteiger partial charge >= 0.3 is 5.97 Å². The number of rotatable bonds is 5. The number of thiophene rings is 1. The van der Waals surface area contributed by atoms with E-state index in [4.69, 9.17) is 5.11 Å². The summed E-state index contributed by atoms with van der Waals surface area (Å²) in [5.41, 5.74) is 2.97. The second-order valence-corrected chi connectivity index (χ2v) is 5.22. The molecule has 0 atom stereocenters. The van der Waals surface area contributed by atoms with Crippen LogP contribution in [0.25, 0.3) is 0 Å². The minimum atomic E-state index is -0.933. The van der Waals surface area contributed by atoms with Crippen LogP contribution in [-0.4, -0.2) is 23.5 Å². The maximum atomic E-state index is 11.9. The van der Waals surface area contributed by atoms with E-state index in [0.29, 0.717) is 13.0 Å². The average molecular weight is 289 g/mol. The molecule has 0 bridgehead atoms. The Morgan fingerprint density at radius 2 is 1.90 bits per heavy atom. The van der Waals surface area contributed by atoms with E-state index in [2.05, 4.69) is 5.32 Å². The SMILES string of the molecule is Cc1cscc1C(=O)NCCc1ccc(C(=O)O)cc1. The minimum absolute atomic E-state index is 0.0640. The highest BCUT2D eigenvalue weighted by Crippen LogP contribution is 2.13. The van der Waals surface area contributed by atoms with Crippen molar-refractivity contribution in [2.75, 3.05) is 6.54 Å². The van der Waals surface area contributed by atoms with Crippen LogP contribution in [-0.2, 0) is 6.42 Å². The third kappa shape index (κ3) is 3.45. The molecule has 0 saturated heterocycles. The van der Waals surface area contributed by atoms with Crippen molar-refractivity contribution in [1.29, 1.82) is 0 Å². The van der Waals surface area contributed by atoms with Crippen LogP contribution >= 0.6 is 11.3 Å². The number of aromatic carboxylic acids is 1. The van der Waals surface area contributed by atoms with Gasteiger partial charge in [-0.2, -0.15) is 11.3 Å². The fourth-order valence-electron chi connectivity index (χ4n) is 1.82. The molecule has 0 spiro atoms. The fourth-order valence-corrected chi connectivity index (χ4v) is 2.65. The molecule has 0 aliphatic heterocycles. The molecule has 104 valence electrons. The van der Waals surface area contributed by atoms with Gasteiger partial charge in [0.15, 0.2) is 0 Å². The summed E-state index contributed by atoms with van der Waals surface area (Å²) < 4.78 is 0. The van der Waals surface area contributed by atoms with Gasteiger partial charge < -0.3 is 10.4 Å². The van der Waals surface area contributed by atoms with Crippen LogP contribution < -0.4 is 5.32 Å². The van der Waals surface area contributed by atoms with E-state index in [9.17, 15) is 9.59 Å². The van der Waals surface area contributed by atoms with Gasteiger partial charge in [-0.25, -0.2) is 4.79 Å². The number of carboxylic acid groups (broad SMARTS) is 1. The number of carbonyl (C=O) groups is 2. The van der Waals surface area contributed by atoms with Crippen LogP contribution in [0.2, 0.25) is 0 Å². The van der Waals surface area contributed by atoms with Crippen LogP contribution in [0, 0.1) is 6.92 Å². The van der Waals surface area contributed by atoms with E-state index in [1.165, 1.54) is 11.3 Å². The molecular formula is C15H15NO3S. The van der Waals surface area contributed by atoms with Crippen molar-refractivity contribution in [3.8, 4) is 0 Å². The smallest absolute Gasteiger partial charge is 0.335 e. The Morgan fingerprint density at radius 1 is 1.20 bits per heavy atom. The zero-order chi connectivity index (χ0) is 14.5. The predicted molar refractivity (Wildman–Crippen MR) is 78.5 cm³/mol. The Kier molecular flexibility index (Phi) is 4.53. The standard InChI is InChI=1S/C15H15NO3S/c1-10-8-20-9-13(10)14(17)16-7-6-11-2-4-12(5-3-11)15(18)19/h2-5,8-9H,6-7H2,1H3,(H,16,17)(H,18,19). The summed E-state index contributed by atoms with van der Waals surface area (Å²) in [5.74, 6) is -0.997. The summed E-state index contributed by atoms with van der Waals surface area (Å²) >= 11 is 1.51. The number of amides is 1. The number of hydrogen-bond acceptors (Lipinski definition) is 3. The first-order valence-electron chi connectivity index (χ1n) is 6.21. The molecule has 1 heterocycles. The van der Waals surface area contributed by atoms with Crippen molar-refractivity contribution in [2.45, 2.75) is 13.3 Å². The lowest BCUT2D eigenvalue weighted by Crippen LogP contribution is -2.25. The quantitative estimate of drug-likeness (QED) is 0.889. The van der Waals surface area contributed by atoms with Crippen LogP contribution in [0.15, 0.2) is 35.0 Å². The molecular weight excluding hydrogens is 274 g/mol. The zero-order valence-corrected chi connectivity index (χ0v) is 11.9. The Hall–Kier alpha value is -2.14. The van der Waals surface area contributed by atoms with Gasteiger partial charge in [0.1, 0.15) is 0 Å². The summed E-state index contributed by atoms with van der Waals surface area (Å²) in [7, 11) is 0. The molecule has 1 amide bonds. The number of aryl methyl sites for hydroxylation is 1. The van der Waals surface area contributed by atoms with Crippen molar-refractivity contribution >= 4 is 23.2 Å². The van der Waals surface area contributed by atoms with E-state index in [0.717, 1.165) is 16.7 Å². The topological polar surface area (TPSA) is 66.4 Å². The van der Waals surface area contributed by atoms with Crippen LogP contribution in [0.4, 0.5) is 0 Å². The lowest BCUT2D eigenvalue weighted by atomic mass is 10.1. The van der Waals surface area contributed by atoms with Crippen molar-refractivity contribution in [2.24, 2.45) is 0 Å². The first-order valence-corrected chi connectivity index (χ1v) is 7.15. The van der Waals surface area contributed by atoms with E-state index >= 15 is 0 Å². The maximum absolute atomic E-state index is 11.9. The highest BCUT2D eigenvalue weighted by Gasteiger charge is 2.08. The Morgan fingerprint density at radius 3 is 2.45 bits per heavy atom. The molecule has 0 radical (unpaired) electrons. The normalized spacial score (nSPS) is 10.2. The Labute approximate surface area is 121 Å². The second kappa shape index (κ2) is 6.34. The van der Waals surface area contributed by atoms with Gasteiger partial charge in [-0.3, -0.25) is 4.79 Å². The molecule has 1 aromatic carbocycles. The van der Waals surface area contributed by atoms with Gasteiger partial charge in [0.2, 0.25) is 0 Å². The zero-order valence-electron chi connectivity index (χ0n) is 11.1. The number of nitrogens with one attached hydrogen (secondary N) is 1. The third-order valence-corrected chi connectivity index (χ3v) is 3.86. The number of hydrogen-bond donors (Lipinski definition) is 2. The molecule has 1 aromatic heterocycles. The Balaban J connectivity index is 1.85. The predicted octanol–water partition coefficient (Wildman–Crippen LogP) is 2.73. The van der Waals surface area contributed by atoms with Crippen molar-refractivity contribution in [1.82, 2.24) is 5.32 Å². The average Bonchev–Trinajstić information content (AvgIpc) is 2.85. The van der Waals surface area contributed by atoms with Gasteiger partial charge in [-0.15, -0.1) is 0 Å². The molecule has 0 aliphatic rings. The van der Waals surface area contributed by atoms with Crippen molar-refractivity contribution < 1.29 is 14.7 Å². The van der Waals surface area contributed by atoms with Gasteiger partial charge in [0.25, 0.3) is 5.91 Å². The fraction of sp³-hybridized carbons (Fsp3) is 0.200. The monoisotopic (exact) mass is 289 g/mol. The number of carbonyl (C=O) groups excluding carboxylic acids is 1. The highest BCUT2D eigenvalue weighted by atomic mass is 32.1. The summed E-state index contributed by atoms with van der Waals surface area (Å²) in [4.78, 5) is 22.6. The second-order valence-electron chi connectivity index (χ2n) is 4.48. The summed E-state index contributed by atoms with van der Waals surface area (Å²) in [6.45, 7) is 2.44. The van der Waals surface area contributed by atoms with E-state index in [1.54, 1.807) is 24.3 Å². The van der Waals surface area contributed by atoms with Gasteiger partial charge in [0.05, 0.1) is 11.1 Å². The highest BCUT2D eigenvalue weighted by molar-refractivity contribution is 7.08. The largest absolute Gasteiger partial charge is 0.478 e. The van der Waals surface area contributed by atoms with Gasteiger partial charge in [-0.05, 0) is 42.0 Å².